The predicted molar refractivity (Wildman–Crippen MR) is 77.4 cm³/mol. The number of anilines is 1. The van der Waals surface area contributed by atoms with Crippen LogP contribution < -0.4 is 5.73 Å². The van der Waals surface area contributed by atoms with Crippen LogP contribution in [0.15, 0.2) is 30.3 Å². The lowest BCUT2D eigenvalue weighted by Crippen LogP contribution is -2.32. The minimum atomic E-state index is -0.436. The summed E-state index contributed by atoms with van der Waals surface area (Å²) in [6, 6.07) is 7.65. The topological polar surface area (TPSA) is 52.3 Å². The molecule has 1 aliphatic carbocycles. The number of hydrogen-bond acceptors (Lipinski definition) is 3. The Kier molecular flexibility index (Phi) is 4.25. The van der Waals surface area contributed by atoms with Gasteiger partial charge in [0.2, 0.25) is 0 Å². The second-order valence-corrected chi connectivity index (χ2v) is 5.21. The SMILES string of the molecule is COC(=O)C1(/C=C/c2ccc(N)cc2)CCCCC1. The lowest BCUT2D eigenvalue weighted by molar-refractivity contribution is -0.151. The van der Waals surface area contributed by atoms with Crippen molar-refractivity contribution in [2.24, 2.45) is 5.41 Å². The van der Waals surface area contributed by atoms with Gasteiger partial charge in [0.1, 0.15) is 0 Å². The van der Waals surface area contributed by atoms with Gasteiger partial charge in [-0.15, -0.1) is 0 Å². The molecule has 0 aromatic heterocycles. The van der Waals surface area contributed by atoms with Crippen molar-refractivity contribution in [3.8, 4) is 0 Å². The Morgan fingerprint density at radius 1 is 1.21 bits per heavy atom. The number of hydrogen-bond donors (Lipinski definition) is 1. The molecule has 0 amide bonds. The third-order valence-electron chi connectivity index (χ3n) is 3.87. The van der Waals surface area contributed by atoms with Crippen molar-refractivity contribution < 1.29 is 9.53 Å². The molecule has 0 saturated heterocycles. The summed E-state index contributed by atoms with van der Waals surface area (Å²) in [5.74, 6) is -0.112. The number of carbonyl (C=O) groups is 1. The van der Waals surface area contributed by atoms with E-state index in [1.807, 2.05) is 36.4 Å². The number of nitrogens with two attached hydrogens (primary N) is 1. The lowest BCUT2D eigenvalue weighted by atomic mass is 9.73. The standard InChI is InChI=1S/C16H21NO2/c1-19-15(18)16(10-3-2-4-11-16)12-9-13-5-7-14(17)8-6-13/h5-9,12H,2-4,10-11,17H2,1H3/b12-9+. The minimum Gasteiger partial charge on any atom is -0.468 e. The fourth-order valence-corrected chi connectivity index (χ4v) is 2.69. The van der Waals surface area contributed by atoms with Crippen molar-refractivity contribution in [3.63, 3.8) is 0 Å². The van der Waals surface area contributed by atoms with Gasteiger partial charge in [0.25, 0.3) is 0 Å². The Balaban J connectivity index is 2.20. The summed E-state index contributed by atoms with van der Waals surface area (Å²) in [4.78, 5) is 12.1. The number of carbonyl (C=O) groups excluding carboxylic acids is 1. The van der Waals surface area contributed by atoms with Crippen molar-refractivity contribution in [1.82, 2.24) is 0 Å². The fourth-order valence-electron chi connectivity index (χ4n) is 2.69. The summed E-state index contributed by atoms with van der Waals surface area (Å²) in [6.07, 6.45) is 9.15. The second kappa shape index (κ2) is 5.91. The van der Waals surface area contributed by atoms with E-state index in [1.165, 1.54) is 13.5 Å². The van der Waals surface area contributed by atoms with Crippen LogP contribution in [0.2, 0.25) is 0 Å². The maximum absolute atomic E-state index is 12.1. The highest BCUT2D eigenvalue weighted by Crippen LogP contribution is 2.39. The number of esters is 1. The van der Waals surface area contributed by atoms with Crippen molar-refractivity contribution in [2.45, 2.75) is 32.1 Å². The van der Waals surface area contributed by atoms with Gasteiger partial charge in [-0.05, 0) is 30.5 Å². The molecule has 0 unspecified atom stereocenters. The predicted octanol–water partition coefficient (Wildman–Crippen LogP) is 3.41. The summed E-state index contributed by atoms with van der Waals surface area (Å²) < 4.78 is 4.99. The molecule has 102 valence electrons. The molecule has 3 heteroatoms. The molecular weight excluding hydrogens is 238 g/mol. The van der Waals surface area contributed by atoms with Gasteiger partial charge >= 0.3 is 5.97 Å². The first-order chi connectivity index (χ1) is 9.16. The van der Waals surface area contributed by atoms with Crippen LogP contribution in [0.1, 0.15) is 37.7 Å². The van der Waals surface area contributed by atoms with Crippen LogP contribution in [0.25, 0.3) is 6.08 Å². The molecule has 1 aliphatic rings. The maximum atomic E-state index is 12.1. The summed E-state index contributed by atoms with van der Waals surface area (Å²) in [5, 5.41) is 0. The maximum Gasteiger partial charge on any atom is 0.315 e. The van der Waals surface area contributed by atoms with E-state index in [0.29, 0.717) is 0 Å². The van der Waals surface area contributed by atoms with E-state index < -0.39 is 5.41 Å². The van der Waals surface area contributed by atoms with Gasteiger partial charge in [0, 0.05) is 5.69 Å². The molecule has 0 bridgehead atoms. The summed E-state index contributed by atoms with van der Waals surface area (Å²) in [5.41, 5.74) is 7.03. The Hall–Kier alpha value is -1.77. The Bertz CT molecular complexity index is 456. The largest absolute Gasteiger partial charge is 0.468 e. The first-order valence-electron chi connectivity index (χ1n) is 6.79. The van der Waals surface area contributed by atoms with Crippen LogP contribution in [0.3, 0.4) is 0 Å². The zero-order valence-electron chi connectivity index (χ0n) is 11.4. The lowest BCUT2D eigenvalue weighted by Gasteiger charge is -2.31. The van der Waals surface area contributed by atoms with Crippen LogP contribution >= 0.6 is 0 Å². The molecule has 2 rings (SSSR count). The van der Waals surface area contributed by atoms with Crippen LogP contribution in [0.5, 0.6) is 0 Å². The van der Waals surface area contributed by atoms with Crippen LogP contribution in [0, 0.1) is 5.41 Å². The molecule has 1 saturated carbocycles. The number of rotatable bonds is 3. The van der Waals surface area contributed by atoms with Crippen LogP contribution in [-0.2, 0) is 9.53 Å². The third kappa shape index (κ3) is 3.16. The molecule has 0 heterocycles. The van der Waals surface area contributed by atoms with Gasteiger partial charge in [0.15, 0.2) is 0 Å². The van der Waals surface area contributed by atoms with Gasteiger partial charge in [-0.1, -0.05) is 43.5 Å². The van der Waals surface area contributed by atoms with Crippen LogP contribution in [-0.4, -0.2) is 13.1 Å². The Morgan fingerprint density at radius 2 is 1.84 bits per heavy atom. The van der Waals surface area contributed by atoms with Gasteiger partial charge in [-0.25, -0.2) is 0 Å². The Morgan fingerprint density at radius 3 is 2.42 bits per heavy atom. The molecule has 0 spiro atoms. The average molecular weight is 259 g/mol. The van der Waals surface area contributed by atoms with Crippen molar-refractivity contribution in [3.05, 3.63) is 35.9 Å². The zero-order valence-corrected chi connectivity index (χ0v) is 11.4. The van der Waals surface area contributed by atoms with Crippen molar-refractivity contribution in [2.75, 3.05) is 12.8 Å². The summed E-state index contributed by atoms with van der Waals surface area (Å²) >= 11 is 0. The van der Waals surface area contributed by atoms with Gasteiger partial charge in [-0.3, -0.25) is 4.79 Å². The number of nitrogen functional groups attached to an aromatic ring is 1. The van der Waals surface area contributed by atoms with Gasteiger partial charge < -0.3 is 10.5 Å². The zero-order chi connectivity index (χ0) is 13.7. The molecule has 0 radical (unpaired) electrons. The van der Waals surface area contributed by atoms with E-state index in [1.54, 1.807) is 0 Å². The van der Waals surface area contributed by atoms with E-state index in [9.17, 15) is 4.79 Å². The third-order valence-corrected chi connectivity index (χ3v) is 3.87. The van der Waals surface area contributed by atoms with E-state index >= 15 is 0 Å². The minimum absolute atomic E-state index is 0.112. The van der Waals surface area contributed by atoms with Crippen molar-refractivity contribution in [1.29, 1.82) is 0 Å². The first-order valence-corrected chi connectivity index (χ1v) is 6.79. The average Bonchev–Trinajstić information content (AvgIpc) is 2.47. The number of ether oxygens (including phenoxy) is 1. The van der Waals surface area contributed by atoms with E-state index in [-0.39, 0.29) is 5.97 Å². The molecule has 1 aromatic rings. The van der Waals surface area contributed by atoms with Gasteiger partial charge in [0.05, 0.1) is 12.5 Å². The molecule has 1 aromatic carbocycles. The highest BCUT2D eigenvalue weighted by Gasteiger charge is 2.37. The highest BCUT2D eigenvalue weighted by molar-refractivity contribution is 5.80. The number of benzene rings is 1. The molecule has 1 fully saturated rings. The molecule has 0 atom stereocenters. The molecule has 2 N–H and O–H groups in total. The van der Waals surface area contributed by atoms with Crippen molar-refractivity contribution >= 4 is 17.7 Å². The van der Waals surface area contributed by atoms with E-state index in [4.69, 9.17) is 10.5 Å². The molecule has 19 heavy (non-hydrogen) atoms. The monoisotopic (exact) mass is 259 g/mol. The molecule has 0 aliphatic heterocycles. The Labute approximate surface area is 114 Å². The van der Waals surface area contributed by atoms with Crippen LogP contribution in [0.4, 0.5) is 5.69 Å². The van der Waals surface area contributed by atoms with Gasteiger partial charge in [-0.2, -0.15) is 0 Å². The van der Waals surface area contributed by atoms with E-state index in [0.717, 1.165) is 36.9 Å². The normalized spacial score (nSPS) is 18.4. The highest BCUT2D eigenvalue weighted by atomic mass is 16.5. The quantitative estimate of drug-likeness (QED) is 0.668. The van der Waals surface area contributed by atoms with E-state index in [2.05, 4.69) is 0 Å². The molecule has 3 nitrogen and oxygen atoms in total. The first kappa shape index (κ1) is 13.7. The fraction of sp³-hybridized carbons (Fsp3) is 0.438. The number of methoxy groups -OCH3 is 1. The second-order valence-electron chi connectivity index (χ2n) is 5.21. The summed E-state index contributed by atoms with van der Waals surface area (Å²) in [7, 11) is 1.47. The summed E-state index contributed by atoms with van der Waals surface area (Å²) in [6.45, 7) is 0. The molecular formula is C16H21NO2. The smallest absolute Gasteiger partial charge is 0.315 e.